The van der Waals surface area contributed by atoms with Crippen molar-refractivity contribution in [3.05, 3.63) is 42.0 Å². The zero-order valence-electron chi connectivity index (χ0n) is 11.8. The van der Waals surface area contributed by atoms with Crippen LogP contribution in [0.5, 0.6) is 5.75 Å². The Balaban J connectivity index is 2.44. The van der Waals surface area contributed by atoms with E-state index >= 15 is 0 Å². The Hall–Kier alpha value is -1.75. The van der Waals surface area contributed by atoms with Gasteiger partial charge >= 0.3 is 6.18 Å². The molecule has 2 N–H and O–H groups in total. The Kier molecular flexibility index (Phi) is 4.73. The summed E-state index contributed by atoms with van der Waals surface area (Å²) in [4.78, 5) is 0. The number of rotatable bonds is 5. The minimum Gasteiger partial charge on any atom is -0.493 e. The molecule has 2 aromatic rings. The highest BCUT2D eigenvalue weighted by Gasteiger charge is 2.38. The van der Waals surface area contributed by atoms with E-state index in [9.17, 15) is 13.2 Å². The van der Waals surface area contributed by atoms with Crippen molar-refractivity contribution in [2.45, 2.75) is 32.0 Å². The summed E-state index contributed by atoms with van der Waals surface area (Å²) in [5.41, 5.74) is 5.33. The topological polar surface area (TPSA) is 35.2 Å². The molecule has 0 aliphatic carbocycles. The lowest BCUT2D eigenvalue weighted by Gasteiger charge is -2.18. The number of unbranched alkanes of at least 4 members (excludes halogenated alkanes) is 1. The van der Waals surface area contributed by atoms with Gasteiger partial charge in [-0.15, -0.1) is 0 Å². The molecule has 1 atom stereocenters. The van der Waals surface area contributed by atoms with Gasteiger partial charge in [-0.3, -0.25) is 0 Å². The molecule has 0 saturated carbocycles. The van der Waals surface area contributed by atoms with E-state index in [2.05, 4.69) is 0 Å². The van der Waals surface area contributed by atoms with Crippen LogP contribution in [-0.2, 0) is 0 Å². The molecule has 0 heterocycles. The summed E-state index contributed by atoms with van der Waals surface area (Å²) in [6, 6.07) is 8.07. The van der Waals surface area contributed by atoms with Crippen LogP contribution in [0, 0.1) is 0 Å². The molecule has 0 amide bonds. The van der Waals surface area contributed by atoms with Crippen LogP contribution >= 0.6 is 0 Å². The van der Waals surface area contributed by atoms with Crippen molar-refractivity contribution in [2.75, 3.05) is 6.61 Å². The third-order valence-corrected chi connectivity index (χ3v) is 3.31. The normalized spacial score (nSPS) is 13.4. The summed E-state index contributed by atoms with van der Waals surface area (Å²) in [6.07, 6.45) is -2.66. The van der Waals surface area contributed by atoms with Crippen molar-refractivity contribution >= 4 is 10.8 Å². The van der Waals surface area contributed by atoms with Crippen molar-refractivity contribution in [3.8, 4) is 5.75 Å². The molecule has 0 fully saturated rings. The second kappa shape index (κ2) is 6.35. The third kappa shape index (κ3) is 3.67. The third-order valence-electron chi connectivity index (χ3n) is 3.31. The highest BCUT2D eigenvalue weighted by molar-refractivity contribution is 5.89. The lowest BCUT2D eigenvalue weighted by Crippen LogP contribution is -2.28. The first-order valence-electron chi connectivity index (χ1n) is 6.91. The molecule has 21 heavy (non-hydrogen) atoms. The fourth-order valence-corrected chi connectivity index (χ4v) is 2.11. The molecule has 0 bridgehead atoms. The molecule has 5 heteroatoms. The molecular weight excluding hydrogens is 279 g/mol. The zero-order valence-corrected chi connectivity index (χ0v) is 11.8. The van der Waals surface area contributed by atoms with Crippen molar-refractivity contribution in [3.63, 3.8) is 0 Å². The number of benzene rings is 2. The number of nitrogens with two attached hydrogens (primary N) is 1. The largest absolute Gasteiger partial charge is 0.493 e. The minimum atomic E-state index is -4.47. The van der Waals surface area contributed by atoms with E-state index in [-0.39, 0.29) is 5.56 Å². The van der Waals surface area contributed by atoms with E-state index in [1.807, 2.05) is 19.1 Å². The Morgan fingerprint density at radius 3 is 2.57 bits per heavy atom. The van der Waals surface area contributed by atoms with Gasteiger partial charge in [0, 0.05) is 5.39 Å². The average Bonchev–Trinajstić information content (AvgIpc) is 2.45. The number of hydrogen-bond donors (Lipinski definition) is 1. The van der Waals surface area contributed by atoms with Gasteiger partial charge in [-0.25, -0.2) is 0 Å². The summed E-state index contributed by atoms with van der Waals surface area (Å²) >= 11 is 0. The Morgan fingerprint density at radius 1 is 1.19 bits per heavy atom. The number of halogens is 3. The Morgan fingerprint density at radius 2 is 1.90 bits per heavy atom. The van der Waals surface area contributed by atoms with Crippen LogP contribution in [0.25, 0.3) is 10.8 Å². The van der Waals surface area contributed by atoms with Crippen LogP contribution < -0.4 is 10.5 Å². The first-order valence-corrected chi connectivity index (χ1v) is 6.91. The lowest BCUT2D eigenvalue weighted by molar-refractivity contribution is -0.149. The predicted molar refractivity (Wildman–Crippen MR) is 77.3 cm³/mol. The minimum absolute atomic E-state index is 0.0210. The fraction of sp³-hybridized carbons (Fsp3) is 0.375. The predicted octanol–water partition coefficient (Wildman–Crippen LogP) is 4.58. The quantitative estimate of drug-likeness (QED) is 0.820. The van der Waals surface area contributed by atoms with Gasteiger partial charge in [0.2, 0.25) is 0 Å². The maximum Gasteiger partial charge on any atom is 0.407 e. The maximum atomic E-state index is 12.8. The van der Waals surface area contributed by atoms with Gasteiger partial charge in [-0.2, -0.15) is 13.2 Å². The molecule has 2 rings (SSSR count). The summed E-state index contributed by atoms with van der Waals surface area (Å²) in [5, 5.41) is 1.49. The monoisotopic (exact) mass is 297 g/mol. The van der Waals surface area contributed by atoms with Gasteiger partial charge in [0.05, 0.1) is 6.61 Å². The molecule has 0 unspecified atom stereocenters. The van der Waals surface area contributed by atoms with Gasteiger partial charge in [0.15, 0.2) is 0 Å². The first kappa shape index (κ1) is 15.6. The summed E-state index contributed by atoms with van der Waals surface area (Å²) in [5.74, 6) is 0.455. The molecule has 0 radical (unpaired) electrons. The van der Waals surface area contributed by atoms with Gasteiger partial charge in [0.1, 0.15) is 11.8 Å². The van der Waals surface area contributed by atoms with Gasteiger partial charge < -0.3 is 10.5 Å². The van der Waals surface area contributed by atoms with Crippen molar-refractivity contribution in [1.82, 2.24) is 0 Å². The molecule has 0 aromatic heterocycles. The second-order valence-corrected chi connectivity index (χ2v) is 4.96. The van der Waals surface area contributed by atoms with Crippen LogP contribution in [-0.4, -0.2) is 12.8 Å². The van der Waals surface area contributed by atoms with E-state index in [0.717, 1.165) is 18.2 Å². The van der Waals surface area contributed by atoms with E-state index in [1.54, 1.807) is 12.1 Å². The van der Waals surface area contributed by atoms with E-state index in [1.165, 1.54) is 12.1 Å². The fourth-order valence-electron chi connectivity index (χ4n) is 2.11. The van der Waals surface area contributed by atoms with Crippen LogP contribution in [0.4, 0.5) is 13.2 Å². The van der Waals surface area contributed by atoms with E-state index in [4.69, 9.17) is 10.5 Å². The van der Waals surface area contributed by atoms with Crippen LogP contribution in [0.3, 0.4) is 0 Å². The van der Waals surface area contributed by atoms with Gasteiger partial charge in [-0.1, -0.05) is 37.6 Å². The second-order valence-electron chi connectivity index (χ2n) is 4.96. The van der Waals surface area contributed by atoms with Gasteiger partial charge in [0.25, 0.3) is 0 Å². The number of fused-ring (bicyclic) bond motifs is 1. The molecule has 0 saturated heterocycles. The van der Waals surface area contributed by atoms with Crippen LogP contribution in [0.15, 0.2) is 36.4 Å². The van der Waals surface area contributed by atoms with Crippen molar-refractivity contribution < 1.29 is 17.9 Å². The van der Waals surface area contributed by atoms with E-state index < -0.39 is 12.2 Å². The molecule has 114 valence electrons. The molecule has 2 aromatic carbocycles. The number of hydrogen-bond acceptors (Lipinski definition) is 2. The smallest absolute Gasteiger partial charge is 0.407 e. The summed E-state index contributed by atoms with van der Waals surface area (Å²) in [6.45, 7) is 2.50. The zero-order chi connectivity index (χ0) is 15.5. The molecular formula is C16H18F3NO. The Bertz CT molecular complexity index is 610. The average molecular weight is 297 g/mol. The van der Waals surface area contributed by atoms with Crippen molar-refractivity contribution in [2.24, 2.45) is 5.73 Å². The highest BCUT2D eigenvalue weighted by atomic mass is 19.4. The molecule has 0 aliphatic heterocycles. The van der Waals surface area contributed by atoms with Gasteiger partial charge in [-0.05, 0) is 29.5 Å². The summed E-state index contributed by atoms with van der Waals surface area (Å²) in [7, 11) is 0. The lowest BCUT2D eigenvalue weighted by atomic mass is 10.0. The standard InChI is InChI=1S/C16H18F3NO/c1-2-3-8-21-14-10-12(15(20)16(17,18)19)9-11-6-4-5-7-13(11)14/h4-7,9-10,15H,2-3,8,20H2,1H3/t15-/m0/s1. The number of alkyl halides is 3. The molecule has 0 spiro atoms. The highest BCUT2D eigenvalue weighted by Crippen LogP contribution is 2.35. The van der Waals surface area contributed by atoms with Crippen LogP contribution in [0.2, 0.25) is 0 Å². The van der Waals surface area contributed by atoms with Crippen molar-refractivity contribution in [1.29, 1.82) is 0 Å². The van der Waals surface area contributed by atoms with E-state index in [0.29, 0.717) is 17.7 Å². The number of ether oxygens (including phenoxy) is 1. The first-order chi connectivity index (χ1) is 9.93. The summed E-state index contributed by atoms with van der Waals surface area (Å²) < 4.78 is 44.1. The Labute approximate surface area is 121 Å². The maximum absolute atomic E-state index is 12.8. The molecule has 2 nitrogen and oxygen atoms in total. The molecule has 0 aliphatic rings. The SMILES string of the molecule is CCCCOc1cc([C@H](N)C(F)(F)F)cc2ccccc12. The van der Waals surface area contributed by atoms with Crippen LogP contribution in [0.1, 0.15) is 31.4 Å².